The van der Waals surface area contributed by atoms with Crippen LogP contribution in [0, 0.1) is 21.0 Å². The van der Waals surface area contributed by atoms with E-state index < -0.39 is 29.5 Å². The average molecular weight is 496 g/mol. The van der Waals surface area contributed by atoms with E-state index in [1.54, 1.807) is 6.07 Å². The zero-order chi connectivity index (χ0) is 20.0. The third-order valence-electron chi connectivity index (χ3n) is 3.31. The van der Waals surface area contributed by atoms with Gasteiger partial charge in [-0.25, -0.2) is 18.7 Å². The fourth-order valence-electron chi connectivity index (χ4n) is 2.07. The lowest BCUT2D eigenvalue weighted by atomic mass is 10.1. The molecule has 0 aliphatic carbocycles. The molecule has 6 nitrogen and oxygen atoms in total. The summed E-state index contributed by atoms with van der Waals surface area (Å²) in [6.07, 6.45) is -0.987. The van der Waals surface area contributed by atoms with E-state index in [2.05, 4.69) is 5.32 Å². The molecule has 3 N–H and O–H groups in total. The van der Waals surface area contributed by atoms with Gasteiger partial charge < -0.3 is 15.2 Å². The van der Waals surface area contributed by atoms with Crippen molar-refractivity contribution < 1.29 is 32.6 Å². The second-order valence-electron chi connectivity index (χ2n) is 5.41. The minimum atomic E-state index is -1.26. The average Bonchev–Trinajstić information content (AvgIpc) is 2.60. The summed E-state index contributed by atoms with van der Waals surface area (Å²) >= 11 is 1.92. The largest absolute Gasteiger partial charge is 0.388 e. The lowest BCUT2D eigenvalue weighted by molar-refractivity contribution is -0.0365. The number of amides is 1. The zero-order valence-corrected chi connectivity index (χ0v) is 16.2. The van der Waals surface area contributed by atoms with Crippen LogP contribution in [0.1, 0.15) is 10.4 Å². The number of hydrogen-bond donors (Lipinski definition) is 3. The molecule has 0 aliphatic rings. The second kappa shape index (κ2) is 9.88. The fraction of sp³-hybridized carbons (Fsp3) is 0.235. The molecule has 0 saturated carbocycles. The number of aliphatic hydroxyl groups excluding tert-OH is 1. The molecule has 0 aliphatic heterocycles. The van der Waals surface area contributed by atoms with Gasteiger partial charge in [0.2, 0.25) is 0 Å². The number of halogens is 4. The quantitative estimate of drug-likeness (QED) is 0.387. The van der Waals surface area contributed by atoms with Crippen molar-refractivity contribution in [3.05, 3.63) is 56.9 Å². The van der Waals surface area contributed by atoms with Crippen molar-refractivity contribution >= 4 is 39.9 Å². The number of nitrogens with one attached hydrogen (secondary N) is 2. The number of ether oxygens (including phenoxy) is 1. The van der Waals surface area contributed by atoms with Crippen LogP contribution in [-0.4, -0.2) is 37.4 Å². The van der Waals surface area contributed by atoms with Crippen LogP contribution >= 0.6 is 22.6 Å². The van der Waals surface area contributed by atoms with E-state index in [1.807, 2.05) is 28.1 Å². The van der Waals surface area contributed by atoms with Crippen LogP contribution in [0.5, 0.6) is 0 Å². The Balaban J connectivity index is 2.19. The Hall–Kier alpha value is -1.89. The smallest absolute Gasteiger partial charge is 0.277 e. The molecule has 0 bridgehead atoms. The third-order valence-corrected chi connectivity index (χ3v) is 3.98. The highest BCUT2D eigenvalue weighted by molar-refractivity contribution is 14.1. The fourth-order valence-corrected chi connectivity index (χ4v) is 2.53. The number of rotatable bonds is 8. The first kappa shape index (κ1) is 21.4. The number of benzene rings is 2. The van der Waals surface area contributed by atoms with Gasteiger partial charge in [0.1, 0.15) is 18.5 Å². The molecule has 27 heavy (non-hydrogen) atoms. The molecule has 0 heterocycles. The van der Waals surface area contributed by atoms with Crippen LogP contribution in [-0.2, 0) is 9.57 Å². The maximum atomic E-state index is 14.0. The Morgan fingerprint density at radius 1 is 1.11 bits per heavy atom. The Kier molecular flexibility index (Phi) is 7.83. The monoisotopic (exact) mass is 496 g/mol. The number of aliphatic hydroxyl groups is 1. The van der Waals surface area contributed by atoms with Crippen molar-refractivity contribution in [2.24, 2.45) is 0 Å². The summed E-state index contributed by atoms with van der Waals surface area (Å²) < 4.78 is 46.6. The molecule has 0 radical (unpaired) electrons. The Bertz CT molecular complexity index is 823. The summed E-state index contributed by atoms with van der Waals surface area (Å²) in [4.78, 5) is 17.1. The molecular weight excluding hydrogens is 480 g/mol. The van der Waals surface area contributed by atoms with Crippen LogP contribution in [0.3, 0.4) is 0 Å². The Morgan fingerprint density at radius 3 is 2.48 bits per heavy atom. The van der Waals surface area contributed by atoms with E-state index in [9.17, 15) is 23.1 Å². The molecule has 1 unspecified atom stereocenters. The van der Waals surface area contributed by atoms with Gasteiger partial charge in [-0.1, -0.05) is 0 Å². The first-order valence-corrected chi connectivity index (χ1v) is 8.70. The highest BCUT2D eigenvalue weighted by Crippen LogP contribution is 2.26. The lowest BCUT2D eigenvalue weighted by Gasteiger charge is -2.14. The highest BCUT2D eigenvalue weighted by atomic mass is 127. The van der Waals surface area contributed by atoms with Gasteiger partial charge in [-0.3, -0.25) is 9.63 Å². The number of carbonyl (C=O) groups is 1. The third kappa shape index (κ3) is 6.06. The summed E-state index contributed by atoms with van der Waals surface area (Å²) in [7, 11) is 1.38. The molecule has 0 aromatic heterocycles. The van der Waals surface area contributed by atoms with Crippen LogP contribution in [0.4, 0.5) is 24.5 Å². The van der Waals surface area contributed by atoms with Crippen LogP contribution in [0.15, 0.2) is 30.3 Å². The standard InChI is InChI=1S/C17H16F3IN2O4/c1-26-7-10(24)8-27-23-17(25)11-5-12(18)13(19)6-16(11)22-15-3-2-9(21)4-14(15)20/h2-6,10,22,24H,7-8H2,1H3,(H,23,25). The molecular formula is C17H16F3IN2O4. The summed E-state index contributed by atoms with van der Waals surface area (Å²) in [6, 6.07) is 5.64. The van der Waals surface area contributed by atoms with E-state index in [0.29, 0.717) is 9.64 Å². The van der Waals surface area contributed by atoms with Gasteiger partial charge in [-0.05, 0) is 46.9 Å². The second-order valence-corrected chi connectivity index (χ2v) is 6.66. The number of hydroxylamine groups is 1. The van der Waals surface area contributed by atoms with Crippen molar-refractivity contribution in [2.75, 3.05) is 25.6 Å². The van der Waals surface area contributed by atoms with Crippen LogP contribution < -0.4 is 10.8 Å². The number of carbonyl (C=O) groups excluding carboxylic acids is 1. The maximum absolute atomic E-state index is 14.0. The zero-order valence-electron chi connectivity index (χ0n) is 14.1. The molecule has 146 valence electrons. The predicted molar refractivity (Wildman–Crippen MR) is 100 cm³/mol. The molecule has 1 amide bonds. The normalized spacial score (nSPS) is 11.9. The first-order valence-electron chi connectivity index (χ1n) is 7.62. The van der Waals surface area contributed by atoms with Gasteiger partial charge in [-0.2, -0.15) is 0 Å². The van der Waals surface area contributed by atoms with Crippen molar-refractivity contribution in [1.82, 2.24) is 5.48 Å². The van der Waals surface area contributed by atoms with E-state index in [4.69, 9.17) is 9.57 Å². The van der Waals surface area contributed by atoms with Gasteiger partial charge >= 0.3 is 0 Å². The van der Waals surface area contributed by atoms with Crippen molar-refractivity contribution in [3.63, 3.8) is 0 Å². The molecule has 2 aromatic carbocycles. The molecule has 1 atom stereocenters. The highest BCUT2D eigenvalue weighted by Gasteiger charge is 2.18. The van der Waals surface area contributed by atoms with E-state index in [1.165, 1.54) is 19.2 Å². The minimum absolute atomic E-state index is 0.0140. The molecule has 2 aromatic rings. The minimum Gasteiger partial charge on any atom is -0.388 e. The predicted octanol–water partition coefficient (Wildman–Crippen LogP) is 3.12. The summed E-state index contributed by atoms with van der Waals surface area (Å²) in [5.74, 6) is -4.01. The van der Waals surface area contributed by atoms with Gasteiger partial charge in [0.05, 0.1) is 23.5 Å². The number of methoxy groups -OCH3 is 1. The molecule has 0 saturated heterocycles. The summed E-state index contributed by atoms with van der Waals surface area (Å²) in [6.45, 7) is -0.294. The van der Waals surface area contributed by atoms with Crippen molar-refractivity contribution in [2.45, 2.75) is 6.10 Å². The van der Waals surface area contributed by atoms with E-state index >= 15 is 0 Å². The number of hydrogen-bond acceptors (Lipinski definition) is 5. The van der Waals surface area contributed by atoms with E-state index in [0.717, 1.165) is 6.07 Å². The van der Waals surface area contributed by atoms with Gasteiger partial charge in [0.25, 0.3) is 5.91 Å². The Morgan fingerprint density at radius 2 is 1.81 bits per heavy atom. The Labute approximate surface area is 166 Å². The lowest BCUT2D eigenvalue weighted by Crippen LogP contribution is -2.30. The first-order chi connectivity index (χ1) is 12.8. The van der Waals surface area contributed by atoms with Gasteiger partial charge in [-0.15, -0.1) is 0 Å². The molecule has 0 spiro atoms. The van der Waals surface area contributed by atoms with E-state index in [-0.39, 0.29) is 30.2 Å². The molecule has 10 heteroatoms. The SMILES string of the molecule is COCC(O)CONC(=O)c1cc(F)c(F)cc1Nc1ccc(I)cc1F. The molecule has 2 rings (SSSR count). The summed E-state index contributed by atoms with van der Waals surface area (Å²) in [5, 5.41) is 12.0. The van der Waals surface area contributed by atoms with Crippen molar-refractivity contribution in [3.8, 4) is 0 Å². The van der Waals surface area contributed by atoms with Crippen molar-refractivity contribution in [1.29, 1.82) is 0 Å². The number of anilines is 2. The molecule has 0 fully saturated rings. The van der Waals surface area contributed by atoms with Crippen LogP contribution in [0.25, 0.3) is 0 Å². The van der Waals surface area contributed by atoms with Gasteiger partial charge in [0.15, 0.2) is 11.6 Å². The summed E-state index contributed by atoms with van der Waals surface area (Å²) in [5.41, 5.74) is 1.51. The topological polar surface area (TPSA) is 79.8 Å². The van der Waals surface area contributed by atoms with Gasteiger partial charge in [0, 0.05) is 16.7 Å². The van der Waals surface area contributed by atoms with Crippen LogP contribution in [0.2, 0.25) is 0 Å². The maximum Gasteiger partial charge on any atom is 0.277 e.